The Hall–Kier alpha value is -1.56. The Morgan fingerprint density at radius 2 is 2.23 bits per heavy atom. The normalized spacial score (nSPS) is 9.77. The maximum atomic E-state index is 8.83. The lowest BCUT2D eigenvalue weighted by Gasteiger charge is -2.24. The third-order valence-corrected chi connectivity index (χ3v) is 2.07. The Morgan fingerprint density at radius 1 is 1.54 bits per heavy atom. The van der Waals surface area contributed by atoms with Crippen molar-refractivity contribution in [3.05, 3.63) is 24.0 Å². The molecule has 0 fully saturated rings. The molecule has 0 saturated heterocycles. The van der Waals surface area contributed by atoms with Gasteiger partial charge in [-0.15, -0.1) is 0 Å². The van der Waals surface area contributed by atoms with E-state index in [1.54, 1.807) is 12.4 Å². The lowest BCUT2D eigenvalue weighted by molar-refractivity contribution is 0.753. The molecule has 0 aliphatic heterocycles. The van der Waals surface area contributed by atoms with Gasteiger partial charge in [0.2, 0.25) is 0 Å². The highest BCUT2D eigenvalue weighted by Crippen LogP contribution is 2.18. The molecule has 0 aromatic carbocycles. The van der Waals surface area contributed by atoms with Crippen molar-refractivity contribution in [3.8, 4) is 6.07 Å². The van der Waals surface area contributed by atoms with E-state index >= 15 is 0 Å². The fraction of sp³-hybridized carbons (Fsp3) is 0.400. The van der Waals surface area contributed by atoms with Gasteiger partial charge in [-0.25, -0.2) is 0 Å². The first-order valence-corrected chi connectivity index (χ1v) is 4.23. The van der Waals surface area contributed by atoms with Gasteiger partial charge in [0.25, 0.3) is 0 Å². The minimum atomic E-state index is 0.384. The maximum Gasteiger partial charge on any atom is 0.103 e. The number of pyridine rings is 1. The van der Waals surface area contributed by atoms with Crippen molar-refractivity contribution in [2.45, 2.75) is 19.9 Å². The molecule has 0 bridgehead atoms. The Kier molecular flexibility index (Phi) is 2.86. The topological polar surface area (TPSA) is 39.9 Å². The first-order valence-electron chi connectivity index (χ1n) is 4.23. The van der Waals surface area contributed by atoms with Crippen LogP contribution in [-0.2, 0) is 0 Å². The van der Waals surface area contributed by atoms with E-state index in [4.69, 9.17) is 5.26 Å². The molecule has 0 spiro atoms. The van der Waals surface area contributed by atoms with E-state index < -0.39 is 0 Å². The zero-order chi connectivity index (χ0) is 9.84. The third-order valence-electron chi connectivity index (χ3n) is 2.07. The van der Waals surface area contributed by atoms with Gasteiger partial charge >= 0.3 is 0 Å². The van der Waals surface area contributed by atoms with Crippen LogP contribution in [0.1, 0.15) is 19.4 Å². The smallest absolute Gasteiger partial charge is 0.103 e. The summed E-state index contributed by atoms with van der Waals surface area (Å²) in [5.41, 5.74) is 1.56. The van der Waals surface area contributed by atoms with E-state index in [0.717, 1.165) is 5.69 Å². The summed E-state index contributed by atoms with van der Waals surface area (Å²) in [5, 5.41) is 8.83. The highest BCUT2D eigenvalue weighted by molar-refractivity contribution is 5.57. The third kappa shape index (κ3) is 1.97. The van der Waals surface area contributed by atoms with Crippen molar-refractivity contribution >= 4 is 5.69 Å². The van der Waals surface area contributed by atoms with Crippen LogP contribution in [0.15, 0.2) is 18.5 Å². The highest BCUT2D eigenvalue weighted by Gasteiger charge is 2.08. The van der Waals surface area contributed by atoms with Crippen LogP contribution >= 0.6 is 0 Å². The molecular weight excluding hydrogens is 162 g/mol. The zero-order valence-electron chi connectivity index (χ0n) is 8.15. The quantitative estimate of drug-likeness (QED) is 0.688. The number of nitriles is 1. The molecule has 3 nitrogen and oxygen atoms in total. The van der Waals surface area contributed by atoms with Gasteiger partial charge in [0, 0.05) is 25.5 Å². The molecule has 1 heterocycles. The summed E-state index contributed by atoms with van der Waals surface area (Å²) in [5.74, 6) is 0. The van der Waals surface area contributed by atoms with Gasteiger partial charge in [-0.1, -0.05) is 0 Å². The van der Waals surface area contributed by atoms with Crippen LogP contribution in [0, 0.1) is 11.3 Å². The number of aromatic nitrogens is 1. The molecule has 0 unspecified atom stereocenters. The second kappa shape index (κ2) is 3.90. The Labute approximate surface area is 78.6 Å². The average molecular weight is 175 g/mol. The standard InChI is InChI=1S/C10H13N3/c1-8(2)13(3)10-4-5-12-7-9(10)6-11/h4-5,7-8H,1-3H3. The molecule has 0 radical (unpaired) electrons. The predicted molar refractivity (Wildman–Crippen MR) is 52.5 cm³/mol. The molecule has 0 aliphatic rings. The van der Waals surface area contributed by atoms with E-state index in [0.29, 0.717) is 11.6 Å². The SMILES string of the molecule is CC(C)N(C)c1ccncc1C#N. The molecule has 0 N–H and O–H groups in total. The Bertz CT molecular complexity index is 325. The van der Waals surface area contributed by atoms with Gasteiger partial charge in [0.15, 0.2) is 0 Å². The molecule has 0 amide bonds. The fourth-order valence-electron chi connectivity index (χ4n) is 1.06. The lowest BCUT2D eigenvalue weighted by atomic mass is 10.2. The molecule has 0 aliphatic carbocycles. The number of hydrogen-bond acceptors (Lipinski definition) is 3. The van der Waals surface area contributed by atoms with E-state index in [2.05, 4.69) is 29.8 Å². The lowest BCUT2D eigenvalue weighted by Crippen LogP contribution is -2.26. The maximum absolute atomic E-state index is 8.83. The van der Waals surface area contributed by atoms with Crippen molar-refractivity contribution in [3.63, 3.8) is 0 Å². The molecule has 0 saturated carbocycles. The predicted octanol–water partition coefficient (Wildman–Crippen LogP) is 1.80. The fourth-order valence-corrected chi connectivity index (χ4v) is 1.06. The largest absolute Gasteiger partial charge is 0.371 e. The van der Waals surface area contributed by atoms with Crippen molar-refractivity contribution < 1.29 is 0 Å². The second-order valence-electron chi connectivity index (χ2n) is 3.21. The van der Waals surface area contributed by atoms with Gasteiger partial charge in [-0.2, -0.15) is 5.26 Å². The molecule has 13 heavy (non-hydrogen) atoms. The van der Waals surface area contributed by atoms with Gasteiger partial charge in [-0.05, 0) is 19.9 Å². The zero-order valence-corrected chi connectivity index (χ0v) is 8.15. The molecule has 1 rings (SSSR count). The minimum Gasteiger partial charge on any atom is -0.371 e. The van der Waals surface area contributed by atoms with E-state index in [1.807, 2.05) is 13.1 Å². The molecule has 0 atom stereocenters. The second-order valence-corrected chi connectivity index (χ2v) is 3.21. The van der Waals surface area contributed by atoms with Crippen LogP contribution in [0.5, 0.6) is 0 Å². The number of hydrogen-bond donors (Lipinski definition) is 0. The van der Waals surface area contributed by atoms with Crippen molar-refractivity contribution in [1.82, 2.24) is 4.98 Å². The molecular formula is C10H13N3. The summed E-state index contributed by atoms with van der Waals surface area (Å²) >= 11 is 0. The minimum absolute atomic E-state index is 0.384. The molecule has 1 aromatic rings. The van der Waals surface area contributed by atoms with Gasteiger partial charge in [-0.3, -0.25) is 4.98 Å². The van der Waals surface area contributed by atoms with E-state index in [-0.39, 0.29) is 0 Å². The van der Waals surface area contributed by atoms with Crippen molar-refractivity contribution in [1.29, 1.82) is 5.26 Å². The van der Waals surface area contributed by atoms with E-state index in [1.165, 1.54) is 0 Å². The Balaban J connectivity index is 3.07. The van der Waals surface area contributed by atoms with Crippen LogP contribution in [0.2, 0.25) is 0 Å². The van der Waals surface area contributed by atoms with Gasteiger partial charge in [0.1, 0.15) is 6.07 Å². The van der Waals surface area contributed by atoms with Crippen LogP contribution < -0.4 is 4.90 Å². The first kappa shape index (κ1) is 9.53. The van der Waals surface area contributed by atoms with Crippen LogP contribution in [0.4, 0.5) is 5.69 Å². The van der Waals surface area contributed by atoms with Crippen molar-refractivity contribution in [2.75, 3.05) is 11.9 Å². The van der Waals surface area contributed by atoms with Crippen LogP contribution in [-0.4, -0.2) is 18.1 Å². The van der Waals surface area contributed by atoms with Crippen LogP contribution in [0.3, 0.4) is 0 Å². The summed E-state index contributed by atoms with van der Waals surface area (Å²) in [4.78, 5) is 5.96. The van der Waals surface area contributed by atoms with Gasteiger partial charge < -0.3 is 4.90 Å². The average Bonchev–Trinajstić information content (AvgIpc) is 2.16. The summed E-state index contributed by atoms with van der Waals surface area (Å²) in [7, 11) is 1.97. The molecule has 68 valence electrons. The van der Waals surface area contributed by atoms with Gasteiger partial charge in [0.05, 0.1) is 11.3 Å². The molecule has 3 heteroatoms. The summed E-state index contributed by atoms with van der Waals surface area (Å²) in [6.45, 7) is 4.17. The summed E-state index contributed by atoms with van der Waals surface area (Å²) < 4.78 is 0. The monoisotopic (exact) mass is 175 g/mol. The van der Waals surface area contributed by atoms with Crippen molar-refractivity contribution in [2.24, 2.45) is 0 Å². The molecule has 1 aromatic heterocycles. The summed E-state index contributed by atoms with van der Waals surface area (Å²) in [6, 6.07) is 4.37. The van der Waals surface area contributed by atoms with Crippen LogP contribution in [0.25, 0.3) is 0 Å². The summed E-state index contributed by atoms with van der Waals surface area (Å²) in [6.07, 6.45) is 3.29. The first-order chi connectivity index (χ1) is 6.16. The Morgan fingerprint density at radius 3 is 2.77 bits per heavy atom. The number of anilines is 1. The van der Waals surface area contributed by atoms with E-state index in [9.17, 15) is 0 Å². The number of rotatable bonds is 2. The highest BCUT2D eigenvalue weighted by atomic mass is 15.1. The number of nitrogens with zero attached hydrogens (tertiary/aromatic N) is 3.